The molecule has 6 nitrogen and oxygen atoms in total. The van der Waals surface area contributed by atoms with Gasteiger partial charge in [-0.15, -0.1) is 0 Å². The van der Waals surface area contributed by atoms with Crippen molar-refractivity contribution in [1.29, 1.82) is 0 Å². The van der Waals surface area contributed by atoms with E-state index in [1.165, 1.54) is 0 Å². The molecule has 4 rings (SSSR count). The molecule has 4 aromatic rings. The molecule has 0 spiro atoms. The van der Waals surface area contributed by atoms with Crippen molar-refractivity contribution in [2.24, 2.45) is 0 Å². The average molecular weight is 278 g/mol. The van der Waals surface area contributed by atoms with Crippen LogP contribution in [-0.4, -0.2) is 29.9 Å². The number of nitrogens with one attached hydrogen (secondary N) is 1. The van der Waals surface area contributed by atoms with Crippen molar-refractivity contribution < 1.29 is 0 Å². The summed E-state index contributed by atoms with van der Waals surface area (Å²) < 4.78 is 1.91. The lowest BCUT2D eigenvalue weighted by Gasteiger charge is -2.02. The molecule has 0 bridgehead atoms. The van der Waals surface area contributed by atoms with Gasteiger partial charge in [-0.2, -0.15) is 10.2 Å². The van der Waals surface area contributed by atoms with Crippen LogP contribution in [-0.2, 0) is 6.54 Å². The lowest BCUT2D eigenvalue weighted by atomic mass is 10.2. The van der Waals surface area contributed by atoms with Gasteiger partial charge in [-0.25, -0.2) is 4.98 Å². The highest BCUT2D eigenvalue weighted by atomic mass is 15.3. The van der Waals surface area contributed by atoms with E-state index in [1.807, 2.05) is 36.9 Å². The molecule has 0 fully saturated rings. The number of aromatic amines is 1. The highest BCUT2D eigenvalue weighted by Crippen LogP contribution is 2.18. The van der Waals surface area contributed by atoms with Gasteiger partial charge in [-0.1, -0.05) is 0 Å². The topological polar surface area (TPSA) is 72.3 Å². The standard InChI is InChI=1S/C15H14N6/c1-9-5-14-12(16-6-9)7-17-21(14)8-13-15-11(19-20-13)4-3-10(2)18-15/h3-7H,8H2,1-2H3,(H,19,20). The summed E-state index contributed by atoms with van der Waals surface area (Å²) in [6.45, 7) is 4.58. The molecule has 0 aromatic carbocycles. The summed E-state index contributed by atoms with van der Waals surface area (Å²) in [4.78, 5) is 8.94. The van der Waals surface area contributed by atoms with E-state index in [0.29, 0.717) is 6.54 Å². The first-order chi connectivity index (χ1) is 10.2. The van der Waals surface area contributed by atoms with Gasteiger partial charge in [-0.05, 0) is 37.6 Å². The van der Waals surface area contributed by atoms with Crippen molar-refractivity contribution in [1.82, 2.24) is 29.9 Å². The molecule has 0 aliphatic carbocycles. The highest BCUT2D eigenvalue weighted by Gasteiger charge is 2.11. The van der Waals surface area contributed by atoms with Crippen molar-refractivity contribution in [2.45, 2.75) is 20.4 Å². The van der Waals surface area contributed by atoms with Crippen molar-refractivity contribution in [3.8, 4) is 0 Å². The number of rotatable bonds is 2. The number of aromatic nitrogens is 6. The van der Waals surface area contributed by atoms with Gasteiger partial charge in [0.2, 0.25) is 0 Å². The van der Waals surface area contributed by atoms with E-state index in [4.69, 9.17) is 0 Å². The molecule has 1 N–H and O–H groups in total. The molecule has 0 saturated heterocycles. The number of fused-ring (bicyclic) bond motifs is 2. The molecule has 4 aromatic heterocycles. The first-order valence-electron chi connectivity index (χ1n) is 6.79. The Balaban J connectivity index is 1.82. The second-order valence-electron chi connectivity index (χ2n) is 5.24. The number of nitrogens with zero attached hydrogens (tertiary/aromatic N) is 5. The van der Waals surface area contributed by atoms with Crippen LogP contribution in [0.1, 0.15) is 17.0 Å². The Kier molecular flexibility index (Phi) is 2.50. The van der Waals surface area contributed by atoms with E-state index < -0.39 is 0 Å². The minimum Gasteiger partial charge on any atom is -0.276 e. The van der Waals surface area contributed by atoms with Gasteiger partial charge in [0.05, 0.1) is 23.8 Å². The molecule has 6 heteroatoms. The van der Waals surface area contributed by atoms with Gasteiger partial charge in [-0.3, -0.25) is 14.8 Å². The summed E-state index contributed by atoms with van der Waals surface area (Å²) in [5, 5.41) is 11.8. The van der Waals surface area contributed by atoms with Crippen molar-refractivity contribution in [2.75, 3.05) is 0 Å². The molecular weight excluding hydrogens is 264 g/mol. The SMILES string of the molecule is Cc1cnc2cnn(Cc3n[nH]c4ccc(C)nc34)c2c1. The Morgan fingerprint density at radius 3 is 3.00 bits per heavy atom. The molecule has 0 amide bonds. The summed E-state index contributed by atoms with van der Waals surface area (Å²) in [7, 11) is 0. The van der Waals surface area contributed by atoms with E-state index in [9.17, 15) is 0 Å². The zero-order valence-electron chi connectivity index (χ0n) is 11.8. The van der Waals surface area contributed by atoms with Crippen LogP contribution in [0, 0.1) is 13.8 Å². The third-order valence-corrected chi connectivity index (χ3v) is 3.55. The summed E-state index contributed by atoms with van der Waals surface area (Å²) in [6.07, 6.45) is 3.63. The molecule has 104 valence electrons. The summed E-state index contributed by atoms with van der Waals surface area (Å²) in [5.74, 6) is 0. The van der Waals surface area contributed by atoms with E-state index in [2.05, 4.69) is 31.3 Å². The zero-order valence-corrected chi connectivity index (χ0v) is 11.8. The van der Waals surface area contributed by atoms with E-state index in [-0.39, 0.29) is 0 Å². The van der Waals surface area contributed by atoms with Crippen LogP contribution < -0.4 is 0 Å². The largest absolute Gasteiger partial charge is 0.276 e. The quantitative estimate of drug-likeness (QED) is 0.611. The van der Waals surface area contributed by atoms with Crippen LogP contribution in [0.25, 0.3) is 22.1 Å². The Morgan fingerprint density at radius 2 is 2.10 bits per heavy atom. The van der Waals surface area contributed by atoms with Crippen LogP contribution >= 0.6 is 0 Å². The number of hydrogen-bond donors (Lipinski definition) is 1. The zero-order chi connectivity index (χ0) is 14.4. The smallest absolute Gasteiger partial charge is 0.113 e. The van der Waals surface area contributed by atoms with Gasteiger partial charge in [0.1, 0.15) is 16.7 Å². The fraction of sp³-hybridized carbons (Fsp3) is 0.200. The van der Waals surface area contributed by atoms with Crippen molar-refractivity contribution in [3.05, 3.63) is 47.5 Å². The Labute approximate surface area is 120 Å². The van der Waals surface area contributed by atoms with Gasteiger partial charge in [0.25, 0.3) is 0 Å². The molecule has 0 radical (unpaired) electrons. The summed E-state index contributed by atoms with van der Waals surface area (Å²) in [6, 6.07) is 6.06. The monoisotopic (exact) mass is 278 g/mol. The Hall–Kier alpha value is -2.76. The lowest BCUT2D eigenvalue weighted by Crippen LogP contribution is -2.03. The number of hydrogen-bond acceptors (Lipinski definition) is 4. The third-order valence-electron chi connectivity index (χ3n) is 3.55. The second kappa shape index (κ2) is 4.37. The molecule has 0 aliphatic heterocycles. The first-order valence-corrected chi connectivity index (χ1v) is 6.79. The molecule has 0 unspecified atom stereocenters. The number of H-pyrrole nitrogens is 1. The van der Waals surface area contributed by atoms with Gasteiger partial charge in [0.15, 0.2) is 0 Å². The number of aryl methyl sites for hydroxylation is 2. The molecule has 0 atom stereocenters. The van der Waals surface area contributed by atoms with Gasteiger partial charge < -0.3 is 0 Å². The predicted octanol–water partition coefficient (Wildman–Crippen LogP) is 2.37. The molecule has 0 aliphatic rings. The second-order valence-corrected chi connectivity index (χ2v) is 5.24. The normalized spacial score (nSPS) is 11.5. The van der Waals surface area contributed by atoms with Gasteiger partial charge >= 0.3 is 0 Å². The maximum Gasteiger partial charge on any atom is 0.113 e. The van der Waals surface area contributed by atoms with E-state index >= 15 is 0 Å². The minimum atomic E-state index is 0.574. The average Bonchev–Trinajstić information content (AvgIpc) is 3.04. The number of pyridine rings is 2. The third kappa shape index (κ3) is 1.96. The fourth-order valence-electron chi connectivity index (χ4n) is 2.48. The van der Waals surface area contributed by atoms with Crippen molar-refractivity contribution >= 4 is 22.1 Å². The van der Waals surface area contributed by atoms with Crippen molar-refractivity contribution in [3.63, 3.8) is 0 Å². The Bertz CT molecular complexity index is 871. The van der Waals surface area contributed by atoms with Crippen LogP contribution in [0.3, 0.4) is 0 Å². The lowest BCUT2D eigenvalue weighted by molar-refractivity contribution is 0.695. The first kappa shape index (κ1) is 12.0. The van der Waals surface area contributed by atoms with Crippen LogP contribution in [0.5, 0.6) is 0 Å². The molecule has 21 heavy (non-hydrogen) atoms. The van der Waals surface area contributed by atoms with Crippen LogP contribution in [0.2, 0.25) is 0 Å². The molecule has 0 saturated carbocycles. The molecular formula is C15H14N6. The maximum absolute atomic E-state index is 4.56. The summed E-state index contributed by atoms with van der Waals surface area (Å²) in [5.41, 5.74) is 6.74. The van der Waals surface area contributed by atoms with Gasteiger partial charge in [0, 0.05) is 11.9 Å². The van der Waals surface area contributed by atoms with E-state index in [0.717, 1.165) is 39.0 Å². The highest BCUT2D eigenvalue weighted by molar-refractivity contribution is 5.78. The van der Waals surface area contributed by atoms with Crippen LogP contribution in [0.15, 0.2) is 30.6 Å². The molecule has 4 heterocycles. The summed E-state index contributed by atoms with van der Waals surface area (Å²) >= 11 is 0. The maximum atomic E-state index is 4.56. The predicted molar refractivity (Wildman–Crippen MR) is 80.0 cm³/mol. The van der Waals surface area contributed by atoms with E-state index in [1.54, 1.807) is 6.20 Å². The Morgan fingerprint density at radius 1 is 1.19 bits per heavy atom. The minimum absolute atomic E-state index is 0.574. The van der Waals surface area contributed by atoms with Crippen LogP contribution in [0.4, 0.5) is 0 Å². The fourth-order valence-corrected chi connectivity index (χ4v) is 2.48.